The summed E-state index contributed by atoms with van der Waals surface area (Å²) in [7, 11) is 1.49. The van der Waals surface area contributed by atoms with E-state index in [9.17, 15) is 9.90 Å². The second kappa shape index (κ2) is 6.10. The van der Waals surface area contributed by atoms with Gasteiger partial charge >= 0.3 is 5.97 Å². The highest BCUT2D eigenvalue weighted by molar-refractivity contribution is 5.91. The van der Waals surface area contributed by atoms with Crippen molar-refractivity contribution in [3.8, 4) is 5.75 Å². The quantitative estimate of drug-likeness (QED) is 0.940. The Morgan fingerprint density at radius 2 is 2.09 bits per heavy atom. The number of methoxy groups -OCH3 is 1. The average molecular weight is 297 g/mol. The molecule has 0 unspecified atom stereocenters. The number of fused-ring (bicyclic) bond motifs is 1. The summed E-state index contributed by atoms with van der Waals surface area (Å²) in [6.45, 7) is 1.70. The van der Waals surface area contributed by atoms with E-state index in [4.69, 9.17) is 4.74 Å². The minimum absolute atomic E-state index is 0.213. The summed E-state index contributed by atoms with van der Waals surface area (Å²) in [5.74, 6) is -0.562. The molecule has 1 heterocycles. The van der Waals surface area contributed by atoms with Crippen molar-refractivity contribution in [1.29, 1.82) is 0 Å². The van der Waals surface area contributed by atoms with Crippen molar-refractivity contribution in [2.45, 2.75) is 19.4 Å². The van der Waals surface area contributed by atoms with Gasteiger partial charge < -0.3 is 14.7 Å². The van der Waals surface area contributed by atoms with E-state index in [0.717, 1.165) is 24.9 Å². The number of ether oxygens (including phenoxy) is 1. The molecule has 114 valence electrons. The number of hydrogen-bond acceptors (Lipinski definition) is 3. The second-order valence-electron chi connectivity index (χ2n) is 5.49. The van der Waals surface area contributed by atoms with Crippen LogP contribution in [0.5, 0.6) is 5.75 Å². The number of aryl methyl sites for hydroxylation is 1. The average Bonchev–Trinajstić information content (AvgIpc) is 2.55. The van der Waals surface area contributed by atoms with Gasteiger partial charge in [0.05, 0.1) is 7.11 Å². The van der Waals surface area contributed by atoms with Crippen LogP contribution in [0.25, 0.3) is 0 Å². The summed E-state index contributed by atoms with van der Waals surface area (Å²) < 4.78 is 5.11. The van der Waals surface area contributed by atoms with Gasteiger partial charge in [0.1, 0.15) is 11.3 Å². The van der Waals surface area contributed by atoms with E-state index < -0.39 is 5.97 Å². The van der Waals surface area contributed by atoms with Gasteiger partial charge in [0.25, 0.3) is 0 Å². The number of benzene rings is 2. The number of nitrogens with zero attached hydrogens (tertiary/aromatic N) is 1. The standard InChI is InChI=1S/C18H19NO3/c1-22-17-9-8-13(11-15(17)18(20)21)12-19-10-4-6-14-5-2-3-7-16(14)19/h2-3,5,7-9,11H,4,6,10,12H2,1H3,(H,20,21). The zero-order chi connectivity index (χ0) is 15.5. The van der Waals surface area contributed by atoms with Crippen LogP contribution in [-0.4, -0.2) is 24.7 Å². The first-order valence-electron chi connectivity index (χ1n) is 7.42. The monoisotopic (exact) mass is 297 g/mol. The van der Waals surface area contributed by atoms with Gasteiger partial charge in [0.15, 0.2) is 0 Å². The maximum absolute atomic E-state index is 11.3. The van der Waals surface area contributed by atoms with Gasteiger partial charge in [-0.15, -0.1) is 0 Å². The SMILES string of the molecule is COc1ccc(CN2CCCc3ccccc32)cc1C(=O)O. The molecule has 0 atom stereocenters. The van der Waals surface area contributed by atoms with Gasteiger partial charge in [-0.1, -0.05) is 24.3 Å². The van der Waals surface area contributed by atoms with Crippen molar-refractivity contribution in [3.05, 3.63) is 59.2 Å². The molecule has 1 aliphatic heterocycles. The van der Waals surface area contributed by atoms with Crippen molar-refractivity contribution >= 4 is 11.7 Å². The molecule has 3 rings (SSSR count). The molecular formula is C18H19NO3. The normalized spacial score (nSPS) is 13.6. The van der Waals surface area contributed by atoms with Crippen LogP contribution in [0, 0.1) is 0 Å². The highest BCUT2D eigenvalue weighted by atomic mass is 16.5. The van der Waals surface area contributed by atoms with E-state index in [1.54, 1.807) is 12.1 Å². The molecule has 0 fully saturated rings. The van der Waals surface area contributed by atoms with E-state index >= 15 is 0 Å². The molecule has 1 aliphatic rings. The third-order valence-electron chi connectivity index (χ3n) is 4.07. The van der Waals surface area contributed by atoms with Gasteiger partial charge in [-0.05, 0) is 42.2 Å². The lowest BCUT2D eigenvalue weighted by Crippen LogP contribution is -2.28. The molecular weight excluding hydrogens is 278 g/mol. The highest BCUT2D eigenvalue weighted by Crippen LogP contribution is 2.29. The van der Waals surface area contributed by atoms with Crippen LogP contribution in [0.3, 0.4) is 0 Å². The van der Waals surface area contributed by atoms with Crippen molar-refractivity contribution in [2.24, 2.45) is 0 Å². The second-order valence-corrected chi connectivity index (χ2v) is 5.49. The fraction of sp³-hybridized carbons (Fsp3) is 0.278. The minimum Gasteiger partial charge on any atom is -0.496 e. The van der Waals surface area contributed by atoms with E-state index in [2.05, 4.69) is 23.1 Å². The topological polar surface area (TPSA) is 49.8 Å². The Morgan fingerprint density at radius 3 is 2.86 bits per heavy atom. The molecule has 4 heteroatoms. The third-order valence-corrected chi connectivity index (χ3v) is 4.07. The lowest BCUT2D eigenvalue weighted by Gasteiger charge is -2.31. The Labute approximate surface area is 130 Å². The number of para-hydroxylation sites is 1. The smallest absolute Gasteiger partial charge is 0.339 e. The van der Waals surface area contributed by atoms with Crippen LogP contribution >= 0.6 is 0 Å². The van der Waals surface area contributed by atoms with Crippen LogP contribution in [0.2, 0.25) is 0 Å². The number of hydrogen-bond donors (Lipinski definition) is 1. The zero-order valence-electron chi connectivity index (χ0n) is 12.6. The molecule has 0 radical (unpaired) electrons. The van der Waals surface area contributed by atoms with Gasteiger partial charge in [0, 0.05) is 18.8 Å². The van der Waals surface area contributed by atoms with Gasteiger partial charge in [-0.2, -0.15) is 0 Å². The molecule has 4 nitrogen and oxygen atoms in total. The fourth-order valence-corrected chi connectivity index (χ4v) is 3.02. The fourth-order valence-electron chi connectivity index (χ4n) is 3.02. The van der Waals surface area contributed by atoms with Gasteiger partial charge in [-0.25, -0.2) is 4.79 Å². The summed E-state index contributed by atoms with van der Waals surface area (Å²) in [6.07, 6.45) is 2.23. The summed E-state index contributed by atoms with van der Waals surface area (Å²) in [5, 5.41) is 9.29. The van der Waals surface area contributed by atoms with E-state index in [-0.39, 0.29) is 5.56 Å². The van der Waals surface area contributed by atoms with E-state index in [1.165, 1.54) is 18.4 Å². The number of anilines is 1. The molecule has 0 aromatic heterocycles. The number of carboxylic acid groups (broad SMARTS) is 1. The molecule has 0 bridgehead atoms. The zero-order valence-corrected chi connectivity index (χ0v) is 12.6. The number of rotatable bonds is 4. The summed E-state index contributed by atoms with van der Waals surface area (Å²) in [4.78, 5) is 13.6. The first-order valence-corrected chi connectivity index (χ1v) is 7.42. The maximum atomic E-state index is 11.3. The first kappa shape index (κ1) is 14.4. The molecule has 0 amide bonds. The summed E-state index contributed by atoms with van der Waals surface area (Å²) in [5.41, 5.74) is 3.81. The van der Waals surface area contributed by atoms with Crippen molar-refractivity contribution in [2.75, 3.05) is 18.6 Å². The van der Waals surface area contributed by atoms with Crippen molar-refractivity contribution in [3.63, 3.8) is 0 Å². The highest BCUT2D eigenvalue weighted by Gasteiger charge is 2.18. The molecule has 0 aliphatic carbocycles. The Balaban J connectivity index is 1.88. The Hall–Kier alpha value is -2.49. The van der Waals surface area contributed by atoms with Crippen molar-refractivity contribution in [1.82, 2.24) is 0 Å². The largest absolute Gasteiger partial charge is 0.496 e. The Bertz CT molecular complexity index is 696. The molecule has 0 saturated heterocycles. The lowest BCUT2D eigenvalue weighted by molar-refractivity contribution is 0.0693. The Morgan fingerprint density at radius 1 is 1.27 bits per heavy atom. The lowest BCUT2D eigenvalue weighted by atomic mass is 10.0. The predicted octanol–water partition coefficient (Wildman–Crippen LogP) is 3.35. The molecule has 2 aromatic carbocycles. The molecule has 1 N–H and O–H groups in total. The summed E-state index contributed by atoms with van der Waals surface area (Å²) in [6, 6.07) is 13.8. The van der Waals surface area contributed by atoms with Crippen LogP contribution in [0.15, 0.2) is 42.5 Å². The number of carbonyl (C=O) groups is 1. The molecule has 0 spiro atoms. The predicted molar refractivity (Wildman–Crippen MR) is 85.8 cm³/mol. The number of aromatic carboxylic acids is 1. The van der Waals surface area contributed by atoms with Crippen molar-refractivity contribution < 1.29 is 14.6 Å². The van der Waals surface area contributed by atoms with Gasteiger partial charge in [-0.3, -0.25) is 0 Å². The molecule has 2 aromatic rings. The maximum Gasteiger partial charge on any atom is 0.339 e. The minimum atomic E-state index is -0.960. The Kier molecular flexibility index (Phi) is 4.00. The third kappa shape index (κ3) is 2.77. The van der Waals surface area contributed by atoms with Crippen LogP contribution in [0.1, 0.15) is 27.9 Å². The van der Waals surface area contributed by atoms with E-state index in [1.807, 2.05) is 12.1 Å². The van der Waals surface area contributed by atoms with Gasteiger partial charge in [0.2, 0.25) is 0 Å². The molecule has 0 saturated carbocycles. The summed E-state index contributed by atoms with van der Waals surface area (Å²) >= 11 is 0. The van der Waals surface area contributed by atoms with Crippen LogP contribution < -0.4 is 9.64 Å². The first-order chi connectivity index (χ1) is 10.7. The number of carboxylic acids is 1. The molecule has 22 heavy (non-hydrogen) atoms. The van der Waals surface area contributed by atoms with Crippen LogP contribution in [0.4, 0.5) is 5.69 Å². The van der Waals surface area contributed by atoms with E-state index in [0.29, 0.717) is 12.3 Å². The van der Waals surface area contributed by atoms with Crippen LogP contribution in [-0.2, 0) is 13.0 Å².